The maximum atomic E-state index is 19.7. The Bertz CT molecular complexity index is 3740. The van der Waals surface area contributed by atoms with Crippen LogP contribution in [0.5, 0.6) is 0 Å². The lowest BCUT2D eigenvalue weighted by molar-refractivity contribution is 0.611. The number of benzene rings is 8. The Morgan fingerprint density at radius 2 is 0.758 bits per heavy atom. The van der Waals surface area contributed by atoms with Crippen molar-refractivity contribution < 1.29 is 4.39 Å². The summed E-state index contributed by atoms with van der Waals surface area (Å²) in [5.41, 5.74) is 10.2. The Labute approximate surface area is 356 Å². The molecule has 62 heavy (non-hydrogen) atoms. The highest BCUT2D eigenvalue weighted by molar-refractivity contribution is 6.13. The van der Waals surface area contributed by atoms with Crippen LogP contribution in [-0.4, -0.2) is 18.3 Å². The Kier molecular flexibility index (Phi) is 7.91. The van der Waals surface area contributed by atoms with Crippen LogP contribution in [0, 0.1) is 17.1 Å². The first kappa shape index (κ1) is 35.8. The topological polar surface area (TPSA) is 43.5 Å². The second kappa shape index (κ2) is 13.7. The molecular weight excluding hydrogens is 762 g/mol. The SMILES string of the molecule is C/C=C\c1c(CC)n(-c2c(-n3c4ccccc4c4ccccc43)c(F)c(-n3c4ccccc4c4ccccc43)c(C#N)c2-n2c3ccccc3c3ccccc32)c2ccccc12. The number of nitriles is 1. The van der Waals surface area contributed by atoms with Gasteiger partial charge < -0.3 is 18.3 Å². The van der Waals surface area contributed by atoms with Gasteiger partial charge in [-0.1, -0.05) is 146 Å². The fourth-order valence-electron chi connectivity index (χ4n) is 10.4. The Morgan fingerprint density at radius 1 is 0.435 bits per heavy atom. The number of allylic oxidation sites excluding steroid dienone is 1. The molecule has 0 fully saturated rings. The predicted molar refractivity (Wildman–Crippen MR) is 255 cm³/mol. The number of hydrogen-bond acceptors (Lipinski definition) is 1. The summed E-state index contributed by atoms with van der Waals surface area (Å²) in [6.45, 7) is 4.19. The molecule has 0 atom stereocenters. The van der Waals surface area contributed by atoms with Gasteiger partial charge in [0.15, 0.2) is 5.82 Å². The molecule has 6 heteroatoms. The average molecular weight is 800 g/mol. The maximum Gasteiger partial charge on any atom is 0.174 e. The third-order valence-electron chi connectivity index (χ3n) is 12.8. The van der Waals surface area contributed by atoms with Gasteiger partial charge in [-0.15, -0.1) is 0 Å². The number of hydrogen-bond donors (Lipinski definition) is 0. The van der Waals surface area contributed by atoms with Gasteiger partial charge in [0.1, 0.15) is 23.0 Å². The molecule has 4 aromatic heterocycles. The van der Waals surface area contributed by atoms with Gasteiger partial charge in [0.05, 0.1) is 50.0 Å². The van der Waals surface area contributed by atoms with E-state index in [-0.39, 0.29) is 11.3 Å². The van der Waals surface area contributed by atoms with E-state index in [9.17, 15) is 5.26 Å². The molecular formula is C56H38FN5. The Morgan fingerprint density at radius 3 is 1.11 bits per heavy atom. The molecule has 12 rings (SSSR count). The second-order valence-electron chi connectivity index (χ2n) is 15.9. The van der Waals surface area contributed by atoms with Crippen LogP contribution in [0.2, 0.25) is 0 Å². The molecule has 0 saturated carbocycles. The Balaban J connectivity index is 1.44. The standard InChI is InChI=1S/C56H38FN5/c1-3-19-35-36-20-5-12-27-45(36)59(44(35)4-2)56-54(61-48-30-15-8-23-39(48)40-24-9-16-31-49(40)61)43(34-58)53(60-46-28-13-6-21-37(46)38-22-7-14-29-47(38)60)52(57)55(56)62-50-32-17-10-25-41(50)42-26-11-18-33-51(42)62/h3,5-33H,4H2,1-2H3/b19-3-. The molecule has 4 heterocycles. The van der Waals surface area contributed by atoms with E-state index in [0.29, 0.717) is 23.5 Å². The van der Waals surface area contributed by atoms with Crippen molar-refractivity contribution in [3.8, 4) is 28.8 Å². The van der Waals surface area contributed by atoms with Crippen LogP contribution < -0.4 is 0 Å². The number of rotatable bonds is 6. The van der Waals surface area contributed by atoms with Crippen LogP contribution >= 0.6 is 0 Å². The van der Waals surface area contributed by atoms with Crippen LogP contribution in [0.1, 0.15) is 30.7 Å². The first-order valence-electron chi connectivity index (χ1n) is 21.1. The predicted octanol–water partition coefficient (Wildman–Crippen LogP) is 14.5. The minimum atomic E-state index is -0.494. The molecule has 0 amide bonds. The van der Waals surface area contributed by atoms with Crippen molar-refractivity contribution in [2.45, 2.75) is 20.3 Å². The van der Waals surface area contributed by atoms with Crippen LogP contribution in [0.25, 0.3) is 105 Å². The molecule has 8 aromatic carbocycles. The van der Waals surface area contributed by atoms with E-state index in [0.717, 1.165) is 87.6 Å². The number of halogens is 1. The smallest absolute Gasteiger partial charge is 0.174 e. The summed E-state index contributed by atoms with van der Waals surface area (Å²) in [5, 5.41) is 19.1. The maximum absolute atomic E-state index is 19.7. The van der Waals surface area contributed by atoms with E-state index in [1.165, 1.54) is 0 Å². The zero-order valence-corrected chi connectivity index (χ0v) is 34.1. The summed E-state index contributed by atoms with van der Waals surface area (Å²) in [7, 11) is 0. The van der Waals surface area contributed by atoms with Crippen LogP contribution in [-0.2, 0) is 6.42 Å². The Hall–Kier alpha value is -8.14. The molecule has 0 saturated heterocycles. The van der Waals surface area contributed by atoms with Crippen molar-refractivity contribution in [1.29, 1.82) is 5.26 Å². The monoisotopic (exact) mass is 799 g/mol. The number of fused-ring (bicyclic) bond motifs is 10. The summed E-state index contributed by atoms with van der Waals surface area (Å²) < 4.78 is 28.3. The quantitative estimate of drug-likeness (QED) is 0.165. The van der Waals surface area contributed by atoms with Gasteiger partial charge in [-0.05, 0) is 55.8 Å². The first-order chi connectivity index (χ1) is 30.6. The van der Waals surface area contributed by atoms with Crippen LogP contribution in [0.4, 0.5) is 4.39 Å². The molecule has 0 spiro atoms. The fraction of sp³-hybridized carbons (Fsp3) is 0.0536. The second-order valence-corrected chi connectivity index (χ2v) is 15.9. The lowest BCUT2D eigenvalue weighted by Crippen LogP contribution is -2.18. The van der Waals surface area contributed by atoms with E-state index in [1.54, 1.807) is 0 Å². The van der Waals surface area contributed by atoms with Crippen molar-refractivity contribution in [2.24, 2.45) is 0 Å². The molecule has 0 aliphatic rings. The normalized spacial score (nSPS) is 12.1. The lowest BCUT2D eigenvalue weighted by atomic mass is 10.0. The fourth-order valence-corrected chi connectivity index (χ4v) is 10.4. The zero-order chi connectivity index (χ0) is 41.6. The first-order valence-corrected chi connectivity index (χ1v) is 21.1. The van der Waals surface area contributed by atoms with Crippen molar-refractivity contribution in [2.75, 3.05) is 0 Å². The molecule has 0 unspecified atom stereocenters. The largest absolute Gasteiger partial charge is 0.309 e. The summed E-state index contributed by atoms with van der Waals surface area (Å²) >= 11 is 0. The van der Waals surface area contributed by atoms with Gasteiger partial charge >= 0.3 is 0 Å². The molecule has 0 N–H and O–H groups in total. The van der Waals surface area contributed by atoms with Gasteiger partial charge in [0.2, 0.25) is 0 Å². The highest BCUT2D eigenvalue weighted by atomic mass is 19.1. The van der Waals surface area contributed by atoms with Crippen LogP contribution in [0.3, 0.4) is 0 Å². The zero-order valence-electron chi connectivity index (χ0n) is 34.1. The lowest BCUT2D eigenvalue weighted by Gasteiger charge is -2.27. The highest BCUT2D eigenvalue weighted by Crippen LogP contribution is 2.48. The minimum absolute atomic E-state index is 0.200. The van der Waals surface area contributed by atoms with Gasteiger partial charge in [0.25, 0.3) is 0 Å². The molecule has 0 aliphatic carbocycles. The average Bonchev–Trinajstić information content (AvgIpc) is 4.04. The number of nitrogens with zero attached hydrogens (tertiary/aromatic N) is 5. The van der Waals surface area contributed by atoms with Gasteiger partial charge in [-0.2, -0.15) is 5.26 Å². The third kappa shape index (κ3) is 4.76. The molecule has 5 nitrogen and oxygen atoms in total. The summed E-state index contributed by atoms with van der Waals surface area (Å²) in [5.74, 6) is -0.494. The van der Waals surface area contributed by atoms with Crippen molar-refractivity contribution in [3.63, 3.8) is 0 Å². The molecule has 294 valence electrons. The number of para-hydroxylation sites is 7. The molecule has 0 radical (unpaired) electrons. The summed E-state index contributed by atoms with van der Waals surface area (Å²) in [6.07, 6.45) is 4.87. The van der Waals surface area contributed by atoms with Crippen LogP contribution in [0.15, 0.2) is 176 Å². The van der Waals surface area contributed by atoms with E-state index in [4.69, 9.17) is 0 Å². The van der Waals surface area contributed by atoms with Crippen molar-refractivity contribution >= 4 is 82.4 Å². The molecule has 12 aromatic rings. The summed E-state index contributed by atoms with van der Waals surface area (Å²) in [6, 6.07) is 60.5. The van der Waals surface area contributed by atoms with E-state index >= 15 is 4.39 Å². The van der Waals surface area contributed by atoms with E-state index in [2.05, 4.69) is 130 Å². The molecule has 0 aliphatic heterocycles. The summed E-state index contributed by atoms with van der Waals surface area (Å²) in [4.78, 5) is 0. The minimum Gasteiger partial charge on any atom is -0.309 e. The van der Waals surface area contributed by atoms with E-state index < -0.39 is 5.82 Å². The highest BCUT2D eigenvalue weighted by Gasteiger charge is 2.35. The van der Waals surface area contributed by atoms with E-state index in [1.807, 2.05) is 90.4 Å². The van der Waals surface area contributed by atoms with Gasteiger partial charge in [0, 0.05) is 49.0 Å². The van der Waals surface area contributed by atoms with Gasteiger partial charge in [-0.25, -0.2) is 4.39 Å². The number of aromatic nitrogens is 4. The van der Waals surface area contributed by atoms with Crippen molar-refractivity contribution in [1.82, 2.24) is 18.3 Å². The van der Waals surface area contributed by atoms with Gasteiger partial charge in [-0.3, -0.25) is 0 Å². The van der Waals surface area contributed by atoms with Crippen molar-refractivity contribution in [3.05, 3.63) is 199 Å². The molecule has 0 bridgehead atoms. The third-order valence-corrected chi connectivity index (χ3v) is 12.8.